The van der Waals surface area contributed by atoms with E-state index < -0.39 is 0 Å². The van der Waals surface area contributed by atoms with Gasteiger partial charge in [-0.2, -0.15) is 0 Å². The molecule has 7 heteroatoms. The van der Waals surface area contributed by atoms with Gasteiger partial charge in [-0.25, -0.2) is 9.97 Å². The molecule has 0 radical (unpaired) electrons. The van der Waals surface area contributed by atoms with Crippen molar-refractivity contribution in [3.63, 3.8) is 0 Å². The number of rotatable bonds is 5. The van der Waals surface area contributed by atoms with Crippen LogP contribution in [0.25, 0.3) is 0 Å². The van der Waals surface area contributed by atoms with E-state index in [1.807, 2.05) is 25.1 Å². The Balaban J connectivity index is 1.54. The van der Waals surface area contributed by atoms with Crippen molar-refractivity contribution < 1.29 is 4.92 Å². The Bertz CT molecular complexity index is 698. The molecule has 0 bridgehead atoms. The average Bonchev–Trinajstić information content (AvgIpc) is 2.46. The van der Waals surface area contributed by atoms with Crippen molar-refractivity contribution in [2.75, 3.05) is 25.0 Å². The first-order valence-electron chi connectivity index (χ1n) is 7.50. The van der Waals surface area contributed by atoms with Crippen LogP contribution in [0, 0.1) is 17.0 Å². The molecular formula is C16H19N5O2. The predicted octanol–water partition coefficient (Wildman–Crippen LogP) is 2.01. The van der Waals surface area contributed by atoms with Crippen LogP contribution in [0.3, 0.4) is 0 Å². The summed E-state index contributed by atoms with van der Waals surface area (Å²) >= 11 is 0. The first-order valence-corrected chi connectivity index (χ1v) is 7.50. The van der Waals surface area contributed by atoms with Gasteiger partial charge in [-0.05, 0) is 19.5 Å². The fraction of sp³-hybridized carbons (Fsp3) is 0.375. The number of hydrogen-bond donors (Lipinski definition) is 0. The number of likely N-dealkylation sites (N-methyl/N-ethyl adjacent to an activating group) is 1. The second kappa shape index (κ2) is 6.29. The van der Waals surface area contributed by atoms with E-state index in [1.54, 1.807) is 18.5 Å². The van der Waals surface area contributed by atoms with Gasteiger partial charge in [0.25, 0.3) is 5.69 Å². The third-order valence-electron chi connectivity index (χ3n) is 4.18. The van der Waals surface area contributed by atoms with Crippen molar-refractivity contribution in [1.29, 1.82) is 0 Å². The number of nitrogens with zero attached hydrogens (tertiary/aromatic N) is 5. The van der Waals surface area contributed by atoms with Gasteiger partial charge in [0.15, 0.2) is 0 Å². The smallest absolute Gasteiger partial charge is 0.269 e. The van der Waals surface area contributed by atoms with E-state index in [2.05, 4.69) is 26.8 Å². The Morgan fingerprint density at radius 2 is 2.00 bits per heavy atom. The van der Waals surface area contributed by atoms with E-state index in [4.69, 9.17) is 0 Å². The minimum absolute atomic E-state index is 0.130. The lowest BCUT2D eigenvalue weighted by molar-refractivity contribution is -0.384. The van der Waals surface area contributed by atoms with Crippen molar-refractivity contribution >= 4 is 11.5 Å². The van der Waals surface area contributed by atoms with E-state index in [0.717, 1.165) is 36.7 Å². The van der Waals surface area contributed by atoms with Crippen LogP contribution in [-0.4, -0.2) is 46.0 Å². The molecule has 23 heavy (non-hydrogen) atoms. The molecule has 7 nitrogen and oxygen atoms in total. The number of nitro benzene ring substituents is 1. The molecule has 0 unspecified atom stereocenters. The molecule has 3 rings (SSSR count). The number of non-ortho nitro benzene ring substituents is 1. The van der Waals surface area contributed by atoms with Crippen LogP contribution < -0.4 is 4.90 Å². The monoisotopic (exact) mass is 313 g/mol. The van der Waals surface area contributed by atoms with Gasteiger partial charge in [0, 0.05) is 49.6 Å². The maximum Gasteiger partial charge on any atom is 0.269 e. The summed E-state index contributed by atoms with van der Waals surface area (Å²) in [5, 5.41) is 10.7. The van der Waals surface area contributed by atoms with Crippen molar-refractivity contribution in [2.24, 2.45) is 0 Å². The summed E-state index contributed by atoms with van der Waals surface area (Å²) in [4.78, 5) is 23.2. The summed E-state index contributed by atoms with van der Waals surface area (Å²) in [6.45, 7) is 4.60. The van der Waals surface area contributed by atoms with Crippen LogP contribution in [0.15, 0.2) is 36.7 Å². The highest BCUT2D eigenvalue weighted by Gasteiger charge is 2.30. The highest BCUT2D eigenvalue weighted by Crippen LogP contribution is 2.22. The molecule has 2 heterocycles. The van der Waals surface area contributed by atoms with Crippen molar-refractivity contribution in [3.05, 3.63) is 58.0 Å². The number of hydrogen-bond acceptors (Lipinski definition) is 6. The summed E-state index contributed by atoms with van der Waals surface area (Å²) in [6, 6.07) is 9.20. The summed E-state index contributed by atoms with van der Waals surface area (Å²) in [5.41, 5.74) is 2.18. The fourth-order valence-corrected chi connectivity index (χ4v) is 2.67. The van der Waals surface area contributed by atoms with Crippen molar-refractivity contribution in [2.45, 2.75) is 19.5 Å². The standard InChI is InChI=1S/C16H19N5O2/c1-12-7-16(18-11-17-12)20-9-15(10-20)19(2)8-13-3-5-14(6-4-13)21(22)23/h3-7,11,15H,8-10H2,1-2H3. The van der Waals surface area contributed by atoms with E-state index in [9.17, 15) is 10.1 Å². The third-order valence-corrected chi connectivity index (χ3v) is 4.18. The van der Waals surface area contributed by atoms with Crippen LogP contribution in [0.1, 0.15) is 11.3 Å². The fourth-order valence-electron chi connectivity index (χ4n) is 2.67. The molecular weight excluding hydrogens is 294 g/mol. The van der Waals surface area contributed by atoms with Crippen LogP contribution in [-0.2, 0) is 6.54 Å². The summed E-state index contributed by atoms with van der Waals surface area (Å²) in [6.07, 6.45) is 1.60. The molecule has 120 valence electrons. The lowest BCUT2D eigenvalue weighted by Gasteiger charge is -2.44. The van der Waals surface area contributed by atoms with Crippen LogP contribution in [0.4, 0.5) is 11.5 Å². The second-order valence-corrected chi connectivity index (χ2v) is 5.92. The molecule has 1 aromatic heterocycles. The van der Waals surface area contributed by atoms with Crippen LogP contribution >= 0.6 is 0 Å². The Kier molecular flexibility index (Phi) is 4.20. The zero-order valence-corrected chi connectivity index (χ0v) is 13.2. The molecule has 0 spiro atoms. The molecule has 1 aliphatic rings. The van der Waals surface area contributed by atoms with Gasteiger partial charge >= 0.3 is 0 Å². The zero-order valence-electron chi connectivity index (χ0n) is 13.2. The van der Waals surface area contributed by atoms with Gasteiger partial charge in [-0.1, -0.05) is 12.1 Å². The van der Waals surface area contributed by atoms with Crippen molar-refractivity contribution in [1.82, 2.24) is 14.9 Å². The van der Waals surface area contributed by atoms with Gasteiger partial charge in [-0.3, -0.25) is 15.0 Å². The Hall–Kier alpha value is -2.54. The Morgan fingerprint density at radius 1 is 1.30 bits per heavy atom. The maximum absolute atomic E-state index is 10.7. The number of aromatic nitrogens is 2. The van der Waals surface area contributed by atoms with Crippen LogP contribution in [0.2, 0.25) is 0 Å². The van der Waals surface area contributed by atoms with Gasteiger partial charge in [0.05, 0.1) is 4.92 Å². The molecule has 0 aliphatic carbocycles. The van der Waals surface area contributed by atoms with E-state index in [0.29, 0.717) is 6.04 Å². The summed E-state index contributed by atoms with van der Waals surface area (Å²) in [5.74, 6) is 0.970. The quantitative estimate of drug-likeness (QED) is 0.621. The lowest BCUT2D eigenvalue weighted by atomic mass is 10.1. The molecule has 1 fully saturated rings. The molecule has 1 saturated heterocycles. The predicted molar refractivity (Wildman–Crippen MR) is 87.3 cm³/mol. The van der Waals surface area contributed by atoms with Crippen LogP contribution in [0.5, 0.6) is 0 Å². The Labute approximate surface area is 134 Å². The minimum Gasteiger partial charge on any atom is -0.353 e. The van der Waals surface area contributed by atoms with E-state index in [1.165, 1.54) is 0 Å². The summed E-state index contributed by atoms with van der Waals surface area (Å²) in [7, 11) is 2.08. The highest BCUT2D eigenvalue weighted by molar-refractivity contribution is 5.42. The molecule has 1 aliphatic heterocycles. The second-order valence-electron chi connectivity index (χ2n) is 5.92. The molecule has 0 atom stereocenters. The molecule has 1 aromatic carbocycles. The Morgan fingerprint density at radius 3 is 2.61 bits per heavy atom. The minimum atomic E-state index is -0.374. The van der Waals surface area contributed by atoms with Gasteiger partial charge in [0.1, 0.15) is 12.1 Å². The SMILES string of the molecule is Cc1cc(N2CC(N(C)Cc3ccc([N+](=O)[O-])cc3)C2)ncn1. The first-order chi connectivity index (χ1) is 11.0. The molecule has 0 N–H and O–H groups in total. The third kappa shape index (κ3) is 3.45. The molecule has 2 aromatic rings. The highest BCUT2D eigenvalue weighted by atomic mass is 16.6. The number of aryl methyl sites for hydroxylation is 1. The number of benzene rings is 1. The number of nitro groups is 1. The first kappa shape index (κ1) is 15.4. The lowest BCUT2D eigenvalue weighted by Crippen LogP contribution is -2.58. The topological polar surface area (TPSA) is 75.4 Å². The number of anilines is 1. The summed E-state index contributed by atoms with van der Waals surface area (Å²) < 4.78 is 0. The molecule has 0 saturated carbocycles. The largest absolute Gasteiger partial charge is 0.353 e. The molecule has 0 amide bonds. The van der Waals surface area contributed by atoms with Gasteiger partial charge < -0.3 is 4.90 Å². The average molecular weight is 313 g/mol. The van der Waals surface area contributed by atoms with Crippen molar-refractivity contribution in [3.8, 4) is 0 Å². The van der Waals surface area contributed by atoms with E-state index in [-0.39, 0.29) is 10.6 Å². The van der Waals surface area contributed by atoms with Gasteiger partial charge in [-0.15, -0.1) is 0 Å². The normalized spacial score (nSPS) is 14.8. The maximum atomic E-state index is 10.7. The van der Waals surface area contributed by atoms with E-state index >= 15 is 0 Å². The van der Waals surface area contributed by atoms with Gasteiger partial charge in [0.2, 0.25) is 0 Å². The zero-order chi connectivity index (χ0) is 16.4.